The maximum atomic E-state index is 3.80. The molecule has 0 radical (unpaired) electrons. The predicted molar refractivity (Wildman–Crippen MR) is 164 cm³/mol. The topological polar surface area (TPSA) is 17.0 Å². The molecule has 0 unspecified atom stereocenters. The van der Waals surface area contributed by atoms with Crippen LogP contribution in [0.5, 0.6) is 0 Å². The molecule has 1 N–H and O–H groups in total. The van der Waals surface area contributed by atoms with Crippen LogP contribution in [0.25, 0.3) is 66.8 Å². The first-order valence-corrected chi connectivity index (χ1v) is 13.6. The van der Waals surface area contributed by atoms with Crippen molar-refractivity contribution < 1.29 is 0 Å². The Morgan fingerprint density at radius 1 is 0.615 bits per heavy atom. The summed E-state index contributed by atoms with van der Waals surface area (Å²) in [5.41, 5.74) is 13.9. The molecule has 1 aromatic heterocycles. The molecule has 2 aliphatic carbocycles. The molecule has 39 heavy (non-hydrogen) atoms. The van der Waals surface area contributed by atoms with Gasteiger partial charge in [0.25, 0.3) is 0 Å². The molecule has 6 aromatic rings. The van der Waals surface area contributed by atoms with Crippen LogP contribution in [-0.2, 0) is 0 Å². The van der Waals surface area contributed by atoms with Gasteiger partial charge in [-0.05, 0) is 74.0 Å². The number of nitrogens with one attached hydrogen (secondary N) is 1. The highest BCUT2D eigenvalue weighted by Crippen LogP contribution is 2.49. The second-order valence-electron chi connectivity index (χ2n) is 10.6. The van der Waals surface area contributed by atoms with Gasteiger partial charge in [0.15, 0.2) is 0 Å². The first kappa shape index (κ1) is 20.9. The van der Waals surface area contributed by atoms with E-state index in [9.17, 15) is 0 Å². The van der Waals surface area contributed by atoms with Crippen molar-refractivity contribution >= 4 is 33.4 Å². The number of fused-ring (bicyclic) bond motifs is 7. The maximum absolute atomic E-state index is 3.80. The van der Waals surface area contributed by atoms with Crippen LogP contribution in [0.3, 0.4) is 0 Å². The van der Waals surface area contributed by atoms with Gasteiger partial charge in [0, 0.05) is 11.1 Å². The smallest absolute Gasteiger partial charge is 0.0704 e. The minimum Gasteiger partial charge on any atom is -0.372 e. The number of benzene rings is 5. The summed E-state index contributed by atoms with van der Waals surface area (Å²) in [5, 5.41) is 7.73. The van der Waals surface area contributed by atoms with Crippen LogP contribution in [0, 0.1) is 0 Å². The van der Waals surface area contributed by atoms with Gasteiger partial charge in [-0.25, -0.2) is 0 Å². The van der Waals surface area contributed by atoms with Crippen LogP contribution in [0.4, 0.5) is 5.69 Å². The minimum atomic E-state index is 0.214. The second kappa shape index (κ2) is 7.72. The Labute approximate surface area is 226 Å². The standard InChI is InChI=1S/C37H24N2/c1-5-17-33-24(9-1)22-35-37(38-33)32-14-4-6-18-34(32)39(35)25-11-7-10-23(21-25)26-19-20-31-28-13-3-2-12-27(28)30-16-8-15-29(26)36(30)31/h1-22,33,38H/t33-/m1/s1. The summed E-state index contributed by atoms with van der Waals surface area (Å²) in [4.78, 5) is 0. The lowest BCUT2D eigenvalue weighted by Gasteiger charge is -2.25. The molecule has 1 atom stereocenters. The van der Waals surface area contributed by atoms with Crippen molar-refractivity contribution in [2.24, 2.45) is 0 Å². The van der Waals surface area contributed by atoms with E-state index >= 15 is 0 Å². The number of anilines is 1. The van der Waals surface area contributed by atoms with E-state index in [1.54, 1.807) is 0 Å². The molecule has 3 aliphatic rings. The molecule has 182 valence electrons. The Morgan fingerprint density at radius 3 is 2.28 bits per heavy atom. The fourth-order valence-corrected chi connectivity index (χ4v) is 6.84. The molecule has 1 aliphatic heterocycles. The van der Waals surface area contributed by atoms with E-state index in [1.165, 1.54) is 77.7 Å². The molecule has 2 heterocycles. The quantitative estimate of drug-likeness (QED) is 0.252. The summed E-state index contributed by atoms with van der Waals surface area (Å²) < 4.78 is 2.41. The lowest BCUT2D eigenvalue weighted by molar-refractivity contribution is 1.01. The fraction of sp³-hybridized carbons (Fsp3) is 0.0270. The Kier molecular flexibility index (Phi) is 4.14. The van der Waals surface area contributed by atoms with E-state index in [0.29, 0.717) is 0 Å². The number of aromatic nitrogens is 1. The van der Waals surface area contributed by atoms with Gasteiger partial charge in [-0.15, -0.1) is 0 Å². The number of para-hydroxylation sites is 1. The van der Waals surface area contributed by atoms with Crippen LogP contribution in [0.15, 0.2) is 133 Å². The third kappa shape index (κ3) is 2.86. The molecule has 0 saturated heterocycles. The van der Waals surface area contributed by atoms with Gasteiger partial charge in [-0.1, -0.05) is 109 Å². The van der Waals surface area contributed by atoms with Crippen molar-refractivity contribution in [3.05, 3.63) is 139 Å². The minimum absolute atomic E-state index is 0.214. The fourth-order valence-electron chi connectivity index (χ4n) is 6.84. The van der Waals surface area contributed by atoms with E-state index < -0.39 is 0 Å². The number of nitrogens with zero attached hydrogens (tertiary/aromatic N) is 1. The Balaban J connectivity index is 1.26. The Morgan fingerprint density at radius 2 is 1.36 bits per heavy atom. The van der Waals surface area contributed by atoms with Crippen molar-refractivity contribution in [3.63, 3.8) is 0 Å². The van der Waals surface area contributed by atoms with E-state index in [0.717, 1.165) is 0 Å². The predicted octanol–water partition coefficient (Wildman–Crippen LogP) is 9.40. The van der Waals surface area contributed by atoms with E-state index in [-0.39, 0.29) is 6.04 Å². The zero-order valence-electron chi connectivity index (χ0n) is 21.2. The molecule has 9 rings (SSSR count). The normalized spacial score (nSPS) is 16.1. The third-order valence-electron chi connectivity index (χ3n) is 8.54. The lowest BCUT2D eigenvalue weighted by Crippen LogP contribution is -2.23. The van der Waals surface area contributed by atoms with Gasteiger partial charge >= 0.3 is 0 Å². The molecule has 0 fully saturated rings. The zero-order chi connectivity index (χ0) is 25.5. The molecule has 2 nitrogen and oxygen atoms in total. The van der Waals surface area contributed by atoms with E-state index in [4.69, 9.17) is 0 Å². The van der Waals surface area contributed by atoms with Crippen molar-refractivity contribution in [2.45, 2.75) is 6.04 Å². The van der Waals surface area contributed by atoms with Crippen LogP contribution < -0.4 is 5.32 Å². The maximum Gasteiger partial charge on any atom is 0.0704 e. The summed E-state index contributed by atoms with van der Waals surface area (Å²) in [6.45, 7) is 0. The van der Waals surface area contributed by atoms with Crippen LogP contribution in [-0.4, -0.2) is 10.6 Å². The van der Waals surface area contributed by atoms with Gasteiger partial charge in [0.2, 0.25) is 0 Å². The van der Waals surface area contributed by atoms with Crippen molar-refractivity contribution in [2.75, 3.05) is 5.32 Å². The summed E-state index contributed by atoms with van der Waals surface area (Å²) in [6, 6.07) is 38.1. The highest BCUT2D eigenvalue weighted by atomic mass is 15.1. The zero-order valence-corrected chi connectivity index (χ0v) is 21.2. The monoisotopic (exact) mass is 496 g/mol. The van der Waals surface area contributed by atoms with Gasteiger partial charge in [0.05, 0.1) is 22.9 Å². The third-order valence-corrected chi connectivity index (χ3v) is 8.54. The second-order valence-corrected chi connectivity index (χ2v) is 10.6. The lowest BCUT2D eigenvalue weighted by atomic mass is 9.94. The van der Waals surface area contributed by atoms with Crippen LogP contribution >= 0.6 is 0 Å². The van der Waals surface area contributed by atoms with Crippen LogP contribution in [0.2, 0.25) is 0 Å². The molecule has 0 saturated carbocycles. The van der Waals surface area contributed by atoms with Gasteiger partial charge < -0.3 is 9.88 Å². The molecule has 0 amide bonds. The highest BCUT2D eigenvalue weighted by Gasteiger charge is 2.26. The van der Waals surface area contributed by atoms with E-state index in [1.807, 2.05) is 0 Å². The first-order valence-electron chi connectivity index (χ1n) is 13.6. The molecule has 2 heteroatoms. The molecule has 5 aromatic carbocycles. The molecule has 0 spiro atoms. The number of allylic oxidation sites excluding steroid dienone is 2. The van der Waals surface area contributed by atoms with Crippen molar-refractivity contribution in [1.82, 2.24) is 4.57 Å². The van der Waals surface area contributed by atoms with Crippen LogP contribution in [0.1, 0.15) is 5.69 Å². The summed E-state index contributed by atoms with van der Waals surface area (Å²) in [6.07, 6.45) is 11.0. The number of hydrogen-bond donors (Lipinski definition) is 1. The Hall–Kier alpha value is -5.08. The Bertz CT molecular complexity index is 2070. The summed E-state index contributed by atoms with van der Waals surface area (Å²) >= 11 is 0. The average molecular weight is 497 g/mol. The SMILES string of the molecule is C1=CC2=Cc3c(c4ccccc4n3-c3cccc(-c4ccc5c6c(cccc46)-c4ccccc4-5)c3)N[C@@H]2C=C1. The van der Waals surface area contributed by atoms with Gasteiger partial charge in [-0.3, -0.25) is 0 Å². The summed E-state index contributed by atoms with van der Waals surface area (Å²) in [5.74, 6) is 0. The molecular weight excluding hydrogens is 472 g/mol. The summed E-state index contributed by atoms with van der Waals surface area (Å²) in [7, 11) is 0. The number of rotatable bonds is 2. The highest BCUT2D eigenvalue weighted by molar-refractivity contribution is 6.18. The number of hydrogen-bond acceptors (Lipinski definition) is 1. The molecule has 0 bridgehead atoms. The van der Waals surface area contributed by atoms with E-state index in [2.05, 4.69) is 143 Å². The average Bonchev–Trinajstić information content (AvgIpc) is 3.50. The van der Waals surface area contributed by atoms with Crippen molar-refractivity contribution in [3.8, 4) is 39.1 Å². The first-order chi connectivity index (χ1) is 19.3. The van der Waals surface area contributed by atoms with Gasteiger partial charge in [-0.2, -0.15) is 0 Å². The van der Waals surface area contributed by atoms with Crippen molar-refractivity contribution in [1.29, 1.82) is 0 Å². The van der Waals surface area contributed by atoms with Gasteiger partial charge in [0.1, 0.15) is 0 Å². The molecular formula is C37H24N2. The largest absolute Gasteiger partial charge is 0.372 e.